The quantitative estimate of drug-likeness (QED) is 0.179. The van der Waals surface area contributed by atoms with E-state index in [0.29, 0.717) is 42.6 Å². The Labute approximate surface area is 315 Å². The van der Waals surface area contributed by atoms with Gasteiger partial charge in [0.05, 0.1) is 49.2 Å². The third-order valence-corrected chi connectivity index (χ3v) is 7.34. The van der Waals surface area contributed by atoms with E-state index in [0.717, 1.165) is 13.2 Å². The topological polar surface area (TPSA) is 136 Å². The fourth-order valence-corrected chi connectivity index (χ4v) is 5.14. The van der Waals surface area contributed by atoms with Crippen LogP contribution >= 0.6 is 11.6 Å². The molecule has 0 atom stereocenters. The number of rotatable bonds is 8. The number of hydrogen-bond donors (Lipinski definition) is 2. The van der Waals surface area contributed by atoms with Gasteiger partial charge in [-0.1, -0.05) is 11.6 Å². The maximum Gasteiger partial charge on any atom is 1.00 e. The van der Waals surface area contributed by atoms with Gasteiger partial charge in [0.15, 0.2) is 24.0 Å². The number of carbonyl (C=O) groups excluding carboxylic acids is 3. The maximum absolute atomic E-state index is 14.7. The van der Waals surface area contributed by atoms with Gasteiger partial charge in [-0.05, 0) is 37.1 Å². The molecule has 12 nitrogen and oxygen atoms in total. The Kier molecular flexibility index (Phi) is 14.7. The molecule has 46 heavy (non-hydrogen) atoms. The van der Waals surface area contributed by atoms with E-state index < -0.39 is 17.7 Å². The van der Waals surface area contributed by atoms with Crippen molar-refractivity contribution in [2.75, 3.05) is 72.2 Å². The number of hydrogen-bond acceptors (Lipinski definition) is 7. The van der Waals surface area contributed by atoms with Gasteiger partial charge in [-0.25, -0.2) is 9.37 Å². The predicted octanol–water partition coefficient (Wildman–Crippen LogP) is -0.860. The summed E-state index contributed by atoms with van der Waals surface area (Å²) in [6, 6.07) is 5.57. The summed E-state index contributed by atoms with van der Waals surface area (Å²) in [6.45, 7) is 1.32. The summed E-state index contributed by atoms with van der Waals surface area (Å²) in [7, 11) is 11.2. The van der Waals surface area contributed by atoms with E-state index in [4.69, 9.17) is 16.7 Å². The number of nitrogens with zero attached hydrogens (tertiary/aromatic N) is 6. The first kappa shape index (κ1) is 39.7. The average Bonchev–Trinajstić information content (AvgIpc) is 3.35. The van der Waals surface area contributed by atoms with Gasteiger partial charge in [-0.15, -0.1) is 0 Å². The number of piperidine rings is 1. The number of amides is 3. The minimum absolute atomic E-state index is 0. The van der Waals surface area contributed by atoms with Crippen LogP contribution in [-0.4, -0.2) is 110 Å². The molecule has 0 saturated carbocycles. The third kappa shape index (κ3) is 10.00. The van der Waals surface area contributed by atoms with Crippen molar-refractivity contribution in [1.29, 1.82) is 0 Å². The number of pyridine rings is 1. The van der Waals surface area contributed by atoms with Crippen molar-refractivity contribution in [1.82, 2.24) is 24.8 Å². The summed E-state index contributed by atoms with van der Waals surface area (Å²) < 4.78 is 31.0. The van der Waals surface area contributed by atoms with E-state index in [2.05, 4.69) is 20.6 Å². The zero-order valence-corrected chi connectivity index (χ0v) is 31.3. The Bertz CT molecular complexity index is 1560. The van der Waals surface area contributed by atoms with Crippen LogP contribution in [0, 0.1) is 11.8 Å². The third-order valence-electron chi connectivity index (χ3n) is 7.02. The van der Waals surface area contributed by atoms with Crippen molar-refractivity contribution in [2.45, 2.75) is 18.9 Å². The molecule has 16 heteroatoms. The largest absolute Gasteiger partial charge is 1.00 e. The monoisotopic (exact) mass is 687 g/mol. The Morgan fingerprint density at radius 3 is 2.30 bits per heavy atom. The van der Waals surface area contributed by atoms with Gasteiger partial charge in [0.1, 0.15) is 0 Å². The summed E-state index contributed by atoms with van der Waals surface area (Å²) >= 11 is 6.45. The van der Waals surface area contributed by atoms with Gasteiger partial charge in [0.25, 0.3) is 17.7 Å². The number of anilines is 2. The predicted molar refractivity (Wildman–Crippen MR) is 166 cm³/mol. The van der Waals surface area contributed by atoms with E-state index >= 15 is 0 Å². The number of carbonyl (C=O) groups is 3. The standard InChI is InChI=1S/C29H35ClF2N8O3.CH3O.K/c1-37(2)26-22(31)14-20(25(32)36-26)23-15-33-27(38(23)3)28(42)35-18-7-8-19(21(30)13-18)29(43)39-11-9-17(10-12-39)34-24(41)16-40(4,5)6;1-2;/h7-8,13-15,17H,9-12,16H2,1-6H3,(H-,34,35,41,42,43);1H3;/q;-1;+1/p+1. The molecule has 244 valence electrons. The second kappa shape index (κ2) is 17.1. The fourth-order valence-electron chi connectivity index (χ4n) is 4.88. The summed E-state index contributed by atoms with van der Waals surface area (Å²) in [5.74, 6) is -2.70. The molecule has 2 aromatic heterocycles. The Balaban J connectivity index is 0.00000241. The van der Waals surface area contributed by atoms with Crippen molar-refractivity contribution >= 4 is 40.8 Å². The number of aromatic nitrogens is 3. The van der Waals surface area contributed by atoms with Crippen molar-refractivity contribution < 1.29 is 84.1 Å². The zero-order valence-electron chi connectivity index (χ0n) is 27.4. The van der Waals surface area contributed by atoms with Gasteiger partial charge in [-0.3, -0.25) is 14.4 Å². The first-order chi connectivity index (χ1) is 21.1. The molecule has 4 rings (SSSR count). The zero-order chi connectivity index (χ0) is 33.6. The SMILES string of the molecule is CN(C)c1nc(F)c(-c2cnc(C(=O)Nc3ccc(C(=O)N4CCC(NC(=O)C[N+](C)(C)C)CC4)c(Cl)c3)n2C)cc1F.C[O-].[K+]. The fraction of sp³-hybridized carbons (Fsp3) is 0.433. The Hall–Kier alpha value is -2.50. The molecule has 1 fully saturated rings. The second-order valence-electron chi connectivity index (χ2n) is 11.8. The molecule has 1 aliphatic rings. The first-order valence-corrected chi connectivity index (χ1v) is 14.5. The molecule has 0 aliphatic carbocycles. The second-order valence-corrected chi connectivity index (χ2v) is 12.2. The van der Waals surface area contributed by atoms with Crippen molar-refractivity contribution in [3.05, 3.63) is 58.6 Å². The maximum atomic E-state index is 14.7. The molecule has 0 bridgehead atoms. The summed E-state index contributed by atoms with van der Waals surface area (Å²) in [6.07, 6.45) is 2.54. The van der Waals surface area contributed by atoms with E-state index in [1.165, 1.54) is 34.8 Å². The molecule has 1 aromatic carbocycles. The van der Waals surface area contributed by atoms with Gasteiger partial charge in [0, 0.05) is 46.0 Å². The molecule has 1 aliphatic heterocycles. The molecule has 2 N–H and O–H groups in total. The number of imidazole rings is 1. The van der Waals surface area contributed by atoms with Crippen LogP contribution in [0.3, 0.4) is 0 Å². The minimum Gasteiger partial charge on any atom is -0.857 e. The summed E-state index contributed by atoms with van der Waals surface area (Å²) in [4.78, 5) is 49.2. The molecule has 3 amide bonds. The Morgan fingerprint density at radius 2 is 1.74 bits per heavy atom. The van der Waals surface area contributed by atoms with Crippen LogP contribution in [0.4, 0.5) is 20.3 Å². The molecule has 3 heterocycles. The molecular formula is C30H39ClF2KN8O4+. The molecule has 0 spiro atoms. The molecule has 3 aromatic rings. The van der Waals surface area contributed by atoms with Gasteiger partial charge < -0.3 is 34.6 Å². The molecule has 0 unspecified atom stereocenters. The number of nitrogens with one attached hydrogen (secondary N) is 2. The summed E-state index contributed by atoms with van der Waals surface area (Å²) in [5.41, 5.74) is 0.635. The van der Waals surface area contributed by atoms with E-state index in [1.54, 1.807) is 25.1 Å². The van der Waals surface area contributed by atoms with Gasteiger partial charge in [0.2, 0.25) is 5.95 Å². The molecule has 1 saturated heterocycles. The number of likely N-dealkylation sites (tertiary alicyclic amines) is 1. The molecular weight excluding hydrogens is 649 g/mol. The van der Waals surface area contributed by atoms with Gasteiger partial charge >= 0.3 is 51.4 Å². The van der Waals surface area contributed by atoms with E-state index in [1.807, 2.05) is 21.1 Å². The summed E-state index contributed by atoms with van der Waals surface area (Å²) in [5, 5.41) is 14.1. The van der Waals surface area contributed by atoms with Gasteiger partial charge in [-0.2, -0.15) is 16.5 Å². The van der Waals surface area contributed by atoms with Crippen LogP contribution in [0.15, 0.2) is 30.5 Å². The van der Waals surface area contributed by atoms with E-state index in [-0.39, 0.29) is 103 Å². The normalized spacial score (nSPS) is 13.2. The van der Waals surface area contributed by atoms with Crippen LogP contribution in [0.25, 0.3) is 11.3 Å². The number of quaternary nitrogens is 1. The Morgan fingerprint density at radius 1 is 1.11 bits per heavy atom. The average molecular weight is 688 g/mol. The van der Waals surface area contributed by atoms with Crippen LogP contribution in [0.2, 0.25) is 5.02 Å². The number of halogens is 3. The van der Waals surface area contributed by atoms with Crippen molar-refractivity contribution in [3.63, 3.8) is 0 Å². The smallest absolute Gasteiger partial charge is 0.857 e. The van der Waals surface area contributed by atoms with Crippen molar-refractivity contribution in [2.24, 2.45) is 7.05 Å². The number of benzene rings is 1. The van der Waals surface area contributed by atoms with Crippen molar-refractivity contribution in [3.8, 4) is 11.3 Å². The molecule has 0 radical (unpaired) electrons. The van der Waals surface area contributed by atoms with Crippen LogP contribution in [-0.2, 0) is 11.8 Å². The van der Waals surface area contributed by atoms with E-state index in [9.17, 15) is 23.2 Å². The van der Waals surface area contributed by atoms with Crippen LogP contribution < -0.4 is 72.0 Å². The van der Waals surface area contributed by atoms with Crippen LogP contribution in [0.1, 0.15) is 33.8 Å². The minimum atomic E-state index is -0.902. The first-order valence-electron chi connectivity index (χ1n) is 14.1. The van der Waals surface area contributed by atoms with Crippen LogP contribution in [0.5, 0.6) is 0 Å². The number of likely N-dealkylation sites (N-methyl/N-ethyl adjacent to an activating group) is 1.